The fourth-order valence-electron chi connectivity index (χ4n) is 6.49. The number of rotatable bonds is 5. The van der Waals surface area contributed by atoms with E-state index in [0.29, 0.717) is 17.7 Å². The smallest absolute Gasteiger partial charge is 0.294 e. The van der Waals surface area contributed by atoms with Gasteiger partial charge >= 0.3 is 0 Å². The van der Waals surface area contributed by atoms with Gasteiger partial charge in [0.05, 0.1) is 18.6 Å². The van der Waals surface area contributed by atoms with Gasteiger partial charge in [-0.1, -0.05) is 11.3 Å². The highest BCUT2D eigenvalue weighted by Crippen LogP contribution is 2.60. The fraction of sp³-hybridized carbons (Fsp3) is 0.850. The van der Waals surface area contributed by atoms with Crippen LogP contribution in [0, 0.1) is 23.2 Å². The molecule has 27 heavy (non-hydrogen) atoms. The van der Waals surface area contributed by atoms with E-state index in [-0.39, 0.29) is 5.41 Å². The van der Waals surface area contributed by atoms with Crippen molar-refractivity contribution < 1.29 is 9.53 Å². The summed E-state index contributed by atoms with van der Waals surface area (Å²) in [6, 6.07) is 0. The molecular weight excluding hydrogens is 360 g/mol. The van der Waals surface area contributed by atoms with E-state index in [9.17, 15) is 4.79 Å². The first kappa shape index (κ1) is 17.9. The lowest BCUT2D eigenvalue weighted by atomic mass is 9.49. The first-order valence-corrected chi connectivity index (χ1v) is 11.4. The molecule has 1 aliphatic heterocycles. The first-order valence-electron chi connectivity index (χ1n) is 10.6. The third-order valence-corrected chi connectivity index (χ3v) is 8.05. The lowest BCUT2D eigenvalue weighted by Gasteiger charge is -2.57. The summed E-state index contributed by atoms with van der Waals surface area (Å²) in [5, 5.41) is 9.96. The summed E-state index contributed by atoms with van der Waals surface area (Å²) in [5.41, 5.74) is 0.00252. The maximum atomic E-state index is 13.5. The highest BCUT2D eigenvalue weighted by molar-refractivity contribution is 7.13. The zero-order chi connectivity index (χ0) is 18.4. The summed E-state index contributed by atoms with van der Waals surface area (Å²) in [6.07, 6.45) is 7.69. The zero-order valence-corrected chi connectivity index (χ0v) is 17.0. The number of carbonyl (C=O) groups excluding carboxylic acids is 1. The van der Waals surface area contributed by atoms with E-state index in [1.54, 1.807) is 0 Å². The van der Waals surface area contributed by atoms with Gasteiger partial charge in [-0.15, -0.1) is 10.2 Å². The average Bonchev–Trinajstić information content (AvgIpc) is 3.08. The van der Waals surface area contributed by atoms with Crippen molar-refractivity contribution in [3.8, 4) is 5.19 Å². The third-order valence-electron chi connectivity index (χ3n) is 7.23. The minimum atomic E-state index is 0.00252. The number of hydrogen-bond acceptors (Lipinski definition) is 6. The summed E-state index contributed by atoms with van der Waals surface area (Å²) in [5.74, 6) is 2.98. The van der Waals surface area contributed by atoms with Gasteiger partial charge in [0.2, 0.25) is 5.91 Å². The van der Waals surface area contributed by atoms with Crippen LogP contribution < -0.4 is 4.74 Å². The number of ether oxygens (including phenoxy) is 1. The average molecular weight is 391 g/mol. The van der Waals surface area contributed by atoms with E-state index in [1.165, 1.54) is 49.9 Å². The second-order valence-electron chi connectivity index (χ2n) is 9.16. The normalized spacial score (nSPS) is 35.6. The quantitative estimate of drug-likeness (QED) is 0.774. The molecule has 4 aliphatic carbocycles. The number of carbonyl (C=O) groups is 1. The molecule has 0 N–H and O–H groups in total. The summed E-state index contributed by atoms with van der Waals surface area (Å²) < 4.78 is 5.41. The number of hydrogen-bond donors (Lipinski definition) is 0. The molecule has 1 saturated heterocycles. The van der Waals surface area contributed by atoms with Gasteiger partial charge in [-0.05, 0) is 63.2 Å². The molecule has 7 heteroatoms. The predicted molar refractivity (Wildman–Crippen MR) is 104 cm³/mol. The van der Waals surface area contributed by atoms with Crippen LogP contribution in [-0.4, -0.2) is 58.7 Å². The molecule has 0 unspecified atom stereocenters. The SMILES string of the molecule is CCOc1nnc(CN2CCN(C(=O)C34CC5CC(CC(C5)C3)C4)CC2)s1. The lowest BCUT2D eigenvalue weighted by molar-refractivity contribution is -0.159. The van der Waals surface area contributed by atoms with Crippen molar-refractivity contribution in [2.45, 2.75) is 52.0 Å². The van der Waals surface area contributed by atoms with Crippen LogP contribution in [0.4, 0.5) is 0 Å². The Kier molecular flexibility index (Phi) is 4.63. The van der Waals surface area contributed by atoms with Crippen molar-refractivity contribution in [3.05, 3.63) is 5.01 Å². The molecule has 5 aliphatic rings. The number of aromatic nitrogens is 2. The molecule has 0 atom stereocenters. The van der Waals surface area contributed by atoms with E-state index in [4.69, 9.17) is 4.74 Å². The second-order valence-corrected chi connectivity index (χ2v) is 10.2. The molecule has 148 valence electrons. The fourth-order valence-corrected chi connectivity index (χ4v) is 7.28. The highest BCUT2D eigenvalue weighted by atomic mass is 32.1. The van der Waals surface area contributed by atoms with E-state index in [1.807, 2.05) is 6.92 Å². The Bertz CT molecular complexity index is 663. The molecule has 1 aromatic rings. The van der Waals surface area contributed by atoms with Gasteiger partial charge in [0.25, 0.3) is 5.19 Å². The molecule has 4 saturated carbocycles. The molecule has 2 heterocycles. The Morgan fingerprint density at radius 2 is 1.70 bits per heavy atom. The van der Waals surface area contributed by atoms with Crippen LogP contribution in [0.3, 0.4) is 0 Å². The maximum Gasteiger partial charge on any atom is 0.294 e. The topological polar surface area (TPSA) is 58.6 Å². The zero-order valence-electron chi connectivity index (χ0n) is 16.2. The Morgan fingerprint density at radius 3 is 2.30 bits per heavy atom. The monoisotopic (exact) mass is 390 g/mol. The molecule has 4 bridgehead atoms. The molecule has 5 fully saturated rings. The first-order chi connectivity index (χ1) is 13.1. The Balaban J connectivity index is 1.17. The van der Waals surface area contributed by atoms with Gasteiger partial charge in [-0.25, -0.2) is 0 Å². The van der Waals surface area contributed by atoms with Crippen LogP contribution in [0.25, 0.3) is 0 Å². The van der Waals surface area contributed by atoms with Crippen molar-refractivity contribution in [2.24, 2.45) is 23.2 Å². The summed E-state index contributed by atoms with van der Waals surface area (Å²) in [7, 11) is 0. The molecule has 0 aromatic carbocycles. The minimum Gasteiger partial charge on any atom is -0.469 e. The van der Waals surface area contributed by atoms with Crippen molar-refractivity contribution in [3.63, 3.8) is 0 Å². The molecular formula is C20H30N4O2S. The van der Waals surface area contributed by atoms with Gasteiger partial charge in [-0.3, -0.25) is 9.69 Å². The Labute approximate surface area is 165 Å². The third kappa shape index (κ3) is 3.37. The van der Waals surface area contributed by atoms with Gasteiger partial charge in [0, 0.05) is 26.2 Å². The summed E-state index contributed by atoms with van der Waals surface area (Å²) in [6.45, 7) is 6.98. The van der Waals surface area contributed by atoms with Crippen LogP contribution in [0.1, 0.15) is 50.5 Å². The number of amides is 1. The summed E-state index contributed by atoms with van der Waals surface area (Å²) in [4.78, 5) is 18.0. The molecule has 1 aromatic heterocycles. The van der Waals surface area contributed by atoms with E-state index in [0.717, 1.165) is 55.5 Å². The van der Waals surface area contributed by atoms with E-state index in [2.05, 4.69) is 20.0 Å². The van der Waals surface area contributed by atoms with Crippen molar-refractivity contribution in [2.75, 3.05) is 32.8 Å². The Hall–Kier alpha value is -1.21. The number of piperazine rings is 1. The lowest BCUT2D eigenvalue weighted by Crippen LogP contribution is -2.58. The van der Waals surface area contributed by atoms with Crippen molar-refractivity contribution in [1.82, 2.24) is 20.0 Å². The van der Waals surface area contributed by atoms with Gasteiger partial charge < -0.3 is 9.64 Å². The summed E-state index contributed by atoms with van der Waals surface area (Å²) >= 11 is 1.53. The standard InChI is InChI=1S/C20H30N4O2S/c1-2-26-19-22-21-17(27-19)13-23-3-5-24(6-4-23)18(25)20-10-14-7-15(11-20)9-16(8-14)12-20/h14-16H,2-13H2,1H3. The minimum absolute atomic E-state index is 0.00252. The largest absolute Gasteiger partial charge is 0.469 e. The highest BCUT2D eigenvalue weighted by Gasteiger charge is 2.55. The van der Waals surface area contributed by atoms with Crippen molar-refractivity contribution in [1.29, 1.82) is 0 Å². The molecule has 0 spiro atoms. The molecule has 0 radical (unpaired) electrons. The van der Waals surface area contributed by atoms with Crippen LogP contribution in [0.2, 0.25) is 0 Å². The second kappa shape index (κ2) is 6.99. The van der Waals surface area contributed by atoms with E-state index >= 15 is 0 Å². The van der Waals surface area contributed by atoms with Crippen LogP contribution in [0.15, 0.2) is 0 Å². The van der Waals surface area contributed by atoms with Crippen LogP contribution in [-0.2, 0) is 11.3 Å². The Morgan fingerprint density at radius 1 is 1.07 bits per heavy atom. The van der Waals surface area contributed by atoms with Gasteiger partial charge in [0.15, 0.2) is 0 Å². The van der Waals surface area contributed by atoms with Crippen LogP contribution >= 0.6 is 11.3 Å². The molecule has 6 nitrogen and oxygen atoms in total. The van der Waals surface area contributed by atoms with Crippen molar-refractivity contribution >= 4 is 17.2 Å². The van der Waals surface area contributed by atoms with E-state index < -0.39 is 0 Å². The molecule has 1 amide bonds. The van der Waals surface area contributed by atoms with Gasteiger partial charge in [-0.2, -0.15) is 0 Å². The molecule has 6 rings (SSSR count). The predicted octanol–water partition coefficient (Wildman–Crippen LogP) is 2.80. The van der Waals surface area contributed by atoms with Crippen LogP contribution in [0.5, 0.6) is 5.19 Å². The van der Waals surface area contributed by atoms with Gasteiger partial charge in [0.1, 0.15) is 5.01 Å². The number of nitrogens with zero attached hydrogens (tertiary/aromatic N) is 4. The maximum absolute atomic E-state index is 13.5.